The number of carbonyl (C=O) groups is 3. The van der Waals surface area contributed by atoms with Gasteiger partial charge in [0, 0.05) is 23.6 Å². The van der Waals surface area contributed by atoms with E-state index in [0.29, 0.717) is 24.1 Å². The van der Waals surface area contributed by atoms with Gasteiger partial charge in [0.1, 0.15) is 5.41 Å². The minimum atomic E-state index is -1.26. The highest BCUT2D eigenvalue weighted by atomic mass is 16.4. The molecule has 1 unspecified atom stereocenters. The maximum Gasteiger partial charge on any atom is 0.319 e. The molecule has 7 nitrogen and oxygen atoms in total. The summed E-state index contributed by atoms with van der Waals surface area (Å²) in [5.41, 5.74) is 0.694. The average Bonchev–Trinajstić information content (AvgIpc) is 3.45. The topological polar surface area (TPSA) is 108 Å². The average molecular weight is 353 g/mol. The maximum absolute atomic E-state index is 12.2. The predicted octanol–water partition coefficient (Wildman–Crippen LogP) is 2.38. The standard InChI is InChI=1S/C19H19N3O4/c1-12(21-17(24)19(8-9-19)18(25)26)13-2-4-15(5-3-13)22-16(23)14-6-10-20-11-7-14/h2-7,10-12H,8-9H2,1H3,(H,21,24)(H,22,23)(H,25,26). The number of aromatic nitrogens is 1. The number of amides is 2. The van der Waals surface area contributed by atoms with Crippen molar-refractivity contribution in [2.45, 2.75) is 25.8 Å². The number of nitrogens with zero attached hydrogens (tertiary/aromatic N) is 1. The predicted molar refractivity (Wildman–Crippen MR) is 94.5 cm³/mol. The van der Waals surface area contributed by atoms with Crippen molar-refractivity contribution in [3.63, 3.8) is 0 Å². The molecular formula is C19H19N3O4. The summed E-state index contributed by atoms with van der Waals surface area (Å²) in [6.45, 7) is 1.79. The summed E-state index contributed by atoms with van der Waals surface area (Å²) < 4.78 is 0. The van der Waals surface area contributed by atoms with Gasteiger partial charge < -0.3 is 15.7 Å². The Labute approximate surface area is 150 Å². The molecule has 3 N–H and O–H groups in total. The van der Waals surface area contributed by atoms with Gasteiger partial charge >= 0.3 is 5.97 Å². The fraction of sp³-hybridized carbons (Fsp3) is 0.263. The van der Waals surface area contributed by atoms with E-state index in [1.54, 1.807) is 55.7 Å². The molecule has 3 rings (SSSR count). The van der Waals surface area contributed by atoms with Gasteiger partial charge in [0.05, 0.1) is 6.04 Å². The Morgan fingerprint density at radius 1 is 1.08 bits per heavy atom. The summed E-state index contributed by atoms with van der Waals surface area (Å²) in [5.74, 6) is -1.76. The molecule has 2 amide bonds. The summed E-state index contributed by atoms with van der Waals surface area (Å²) in [6, 6.07) is 9.96. The van der Waals surface area contributed by atoms with Gasteiger partial charge in [-0.15, -0.1) is 0 Å². The summed E-state index contributed by atoms with van der Waals surface area (Å²) in [7, 11) is 0. The SMILES string of the molecule is CC(NC(=O)C1(C(=O)O)CC1)c1ccc(NC(=O)c2ccncc2)cc1. The van der Waals surface area contributed by atoms with E-state index in [-0.39, 0.29) is 11.9 Å². The van der Waals surface area contributed by atoms with E-state index in [2.05, 4.69) is 15.6 Å². The summed E-state index contributed by atoms with van der Waals surface area (Å²) in [5, 5.41) is 14.7. The number of carbonyl (C=O) groups excluding carboxylic acids is 2. The third kappa shape index (κ3) is 3.56. The number of rotatable bonds is 6. The Morgan fingerprint density at radius 3 is 2.23 bits per heavy atom. The molecule has 0 spiro atoms. The lowest BCUT2D eigenvalue weighted by atomic mass is 10.0. The number of carboxylic acid groups (broad SMARTS) is 1. The van der Waals surface area contributed by atoms with Crippen LogP contribution in [0.25, 0.3) is 0 Å². The van der Waals surface area contributed by atoms with Gasteiger partial charge in [0.15, 0.2) is 0 Å². The lowest BCUT2D eigenvalue weighted by molar-refractivity contribution is -0.149. The van der Waals surface area contributed by atoms with Gasteiger partial charge in [-0.2, -0.15) is 0 Å². The smallest absolute Gasteiger partial charge is 0.319 e. The molecule has 26 heavy (non-hydrogen) atoms. The molecule has 7 heteroatoms. The van der Waals surface area contributed by atoms with Crippen LogP contribution in [0.15, 0.2) is 48.8 Å². The van der Waals surface area contributed by atoms with Crippen molar-refractivity contribution in [1.29, 1.82) is 0 Å². The molecule has 0 saturated heterocycles. The van der Waals surface area contributed by atoms with Crippen LogP contribution in [-0.4, -0.2) is 27.9 Å². The number of carboxylic acids is 1. The van der Waals surface area contributed by atoms with Crippen LogP contribution in [0.1, 0.15) is 41.7 Å². The first-order valence-electron chi connectivity index (χ1n) is 8.28. The first-order valence-corrected chi connectivity index (χ1v) is 8.28. The molecular weight excluding hydrogens is 334 g/mol. The zero-order chi connectivity index (χ0) is 18.7. The van der Waals surface area contributed by atoms with E-state index in [4.69, 9.17) is 5.11 Å². The van der Waals surface area contributed by atoms with Crippen molar-refractivity contribution >= 4 is 23.5 Å². The molecule has 1 atom stereocenters. The fourth-order valence-electron chi connectivity index (χ4n) is 2.64. The number of hydrogen-bond donors (Lipinski definition) is 3. The van der Waals surface area contributed by atoms with Gasteiger partial charge in [0.25, 0.3) is 5.91 Å². The summed E-state index contributed by atoms with van der Waals surface area (Å²) >= 11 is 0. The molecule has 1 heterocycles. The van der Waals surface area contributed by atoms with Crippen molar-refractivity contribution in [1.82, 2.24) is 10.3 Å². The Morgan fingerprint density at radius 2 is 1.69 bits per heavy atom. The van der Waals surface area contributed by atoms with Gasteiger partial charge in [-0.1, -0.05) is 12.1 Å². The minimum absolute atomic E-state index is 0.237. The third-order valence-electron chi connectivity index (χ3n) is 4.55. The number of aliphatic carboxylic acids is 1. The van der Waals surface area contributed by atoms with E-state index in [1.807, 2.05) is 0 Å². The highest BCUT2D eigenvalue weighted by molar-refractivity contribution is 6.05. The molecule has 0 radical (unpaired) electrons. The zero-order valence-electron chi connectivity index (χ0n) is 14.2. The van der Waals surface area contributed by atoms with E-state index < -0.39 is 17.3 Å². The molecule has 1 fully saturated rings. The Bertz CT molecular complexity index is 830. The van der Waals surface area contributed by atoms with Crippen LogP contribution < -0.4 is 10.6 Å². The minimum Gasteiger partial charge on any atom is -0.480 e. The largest absolute Gasteiger partial charge is 0.480 e. The lowest BCUT2D eigenvalue weighted by Gasteiger charge is -2.18. The van der Waals surface area contributed by atoms with Crippen LogP contribution >= 0.6 is 0 Å². The lowest BCUT2D eigenvalue weighted by Crippen LogP contribution is -2.38. The number of benzene rings is 1. The van der Waals surface area contributed by atoms with E-state index >= 15 is 0 Å². The van der Waals surface area contributed by atoms with Crippen molar-refractivity contribution < 1.29 is 19.5 Å². The van der Waals surface area contributed by atoms with Crippen LogP contribution in [0.5, 0.6) is 0 Å². The van der Waals surface area contributed by atoms with E-state index in [1.165, 1.54) is 0 Å². The number of pyridine rings is 1. The quantitative estimate of drug-likeness (QED) is 0.691. The molecule has 1 aliphatic rings. The molecule has 2 aromatic rings. The van der Waals surface area contributed by atoms with E-state index in [0.717, 1.165) is 5.56 Å². The van der Waals surface area contributed by atoms with Gasteiger partial charge in [-0.05, 0) is 49.6 Å². The second kappa shape index (κ2) is 6.95. The first kappa shape index (κ1) is 17.6. The summed E-state index contributed by atoms with van der Waals surface area (Å²) in [6.07, 6.45) is 3.85. The highest BCUT2D eigenvalue weighted by Crippen LogP contribution is 2.46. The highest BCUT2D eigenvalue weighted by Gasteiger charge is 2.57. The Hall–Kier alpha value is -3.22. The molecule has 1 saturated carbocycles. The van der Waals surface area contributed by atoms with Crippen LogP contribution in [0.3, 0.4) is 0 Å². The Balaban J connectivity index is 1.61. The molecule has 0 aliphatic heterocycles. The van der Waals surface area contributed by atoms with E-state index in [9.17, 15) is 14.4 Å². The van der Waals surface area contributed by atoms with Crippen molar-refractivity contribution in [3.8, 4) is 0 Å². The van der Waals surface area contributed by atoms with Crippen LogP contribution in [-0.2, 0) is 9.59 Å². The van der Waals surface area contributed by atoms with Gasteiger partial charge in [-0.25, -0.2) is 0 Å². The monoisotopic (exact) mass is 353 g/mol. The molecule has 0 bridgehead atoms. The fourth-order valence-corrected chi connectivity index (χ4v) is 2.64. The second-order valence-electron chi connectivity index (χ2n) is 6.39. The van der Waals surface area contributed by atoms with Crippen LogP contribution in [0.2, 0.25) is 0 Å². The van der Waals surface area contributed by atoms with Gasteiger partial charge in [-0.3, -0.25) is 19.4 Å². The normalized spacial score (nSPS) is 15.6. The first-order chi connectivity index (χ1) is 12.4. The van der Waals surface area contributed by atoms with Crippen LogP contribution in [0, 0.1) is 5.41 Å². The van der Waals surface area contributed by atoms with Crippen molar-refractivity contribution in [2.75, 3.05) is 5.32 Å². The molecule has 134 valence electrons. The molecule has 1 aromatic heterocycles. The van der Waals surface area contributed by atoms with Crippen molar-refractivity contribution in [3.05, 3.63) is 59.9 Å². The number of hydrogen-bond acceptors (Lipinski definition) is 4. The molecule has 1 aromatic carbocycles. The van der Waals surface area contributed by atoms with Crippen LogP contribution in [0.4, 0.5) is 5.69 Å². The molecule has 1 aliphatic carbocycles. The number of anilines is 1. The third-order valence-corrected chi connectivity index (χ3v) is 4.55. The summed E-state index contributed by atoms with van der Waals surface area (Å²) in [4.78, 5) is 39.3. The second-order valence-corrected chi connectivity index (χ2v) is 6.39. The van der Waals surface area contributed by atoms with Gasteiger partial charge in [0.2, 0.25) is 5.91 Å². The van der Waals surface area contributed by atoms with Crippen molar-refractivity contribution in [2.24, 2.45) is 5.41 Å². The number of nitrogens with one attached hydrogen (secondary N) is 2. The Kier molecular flexibility index (Phi) is 4.71. The zero-order valence-corrected chi connectivity index (χ0v) is 14.2. The maximum atomic E-state index is 12.2.